The van der Waals surface area contributed by atoms with E-state index in [0.717, 1.165) is 12.8 Å². The summed E-state index contributed by atoms with van der Waals surface area (Å²) in [6.07, 6.45) is 4.06. The van der Waals surface area contributed by atoms with Crippen molar-refractivity contribution >= 4 is 17.6 Å². The van der Waals surface area contributed by atoms with Gasteiger partial charge in [-0.25, -0.2) is 0 Å². The molecule has 6 heteroatoms. The molecule has 2 aliphatic heterocycles. The average molecular weight is 230 g/mol. The topological polar surface area (TPSA) is 60.2 Å². The molecule has 3 rings (SSSR count). The van der Waals surface area contributed by atoms with E-state index < -0.39 is 0 Å². The maximum Gasteiger partial charge on any atom is 0.315 e. The van der Waals surface area contributed by atoms with Crippen molar-refractivity contribution < 1.29 is 9.15 Å². The van der Waals surface area contributed by atoms with E-state index in [1.807, 2.05) is 0 Å². The van der Waals surface area contributed by atoms with Crippen LogP contribution in [0, 0.1) is 0 Å². The van der Waals surface area contributed by atoms with E-state index in [9.17, 15) is 0 Å². The first-order chi connectivity index (χ1) is 7.35. The number of hydrogen-bond acceptors (Lipinski definition) is 5. The lowest BCUT2D eigenvalue weighted by Crippen LogP contribution is -2.30. The third-order valence-corrected chi connectivity index (χ3v) is 3.22. The van der Waals surface area contributed by atoms with E-state index in [2.05, 4.69) is 15.5 Å². The number of fused-ring (bicyclic) bond motifs is 2. The zero-order valence-corrected chi connectivity index (χ0v) is 8.91. The molecule has 82 valence electrons. The molecule has 0 radical (unpaired) electrons. The number of aromatic nitrogens is 2. The molecule has 0 saturated carbocycles. The molecule has 3 unspecified atom stereocenters. The maximum absolute atomic E-state index is 5.71. The predicted molar refractivity (Wildman–Crippen MR) is 53.8 cm³/mol. The Balaban J connectivity index is 1.65. The Bertz CT molecular complexity index is 357. The van der Waals surface area contributed by atoms with Crippen LogP contribution < -0.4 is 5.32 Å². The molecule has 2 bridgehead atoms. The number of ether oxygens (including phenoxy) is 1. The van der Waals surface area contributed by atoms with Crippen LogP contribution in [0.4, 0.5) is 6.01 Å². The zero-order valence-electron chi connectivity index (χ0n) is 8.15. The smallest absolute Gasteiger partial charge is 0.315 e. The molecular formula is C9H12ClN3O2. The van der Waals surface area contributed by atoms with E-state index in [1.165, 1.54) is 6.42 Å². The highest BCUT2D eigenvalue weighted by Gasteiger charge is 2.41. The lowest BCUT2D eigenvalue weighted by molar-refractivity contribution is 0.102. The second-order valence-electron chi connectivity index (χ2n) is 4.00. The molecule has 2 aliphatic rings. The molecule has 0 spiro atoms. The summed E-state index contributed by atoms with van der Waals surface area (Å²) >= 11 is 5.57. The van der Waals surface area contributed by atoms with Gasteiger partial charge in [-0.2, -0.15) is 0 Å². The van der Waals surface area contributed by atoms with Gasteiger partial charge < -0.3 is 14.5 Å². The van der Waals surface area contributed by atoms with Gasteiger partial charge in [0.15, 0.2) is 0 Å². The summed E-state index contributed by atoms with van der Waals surface area (Å²) in [6, 6.07) is 0.763. The molecule has 0 amide bonds. The first kappa shape index (κ1) is 9.42. The quantitative estimate of drug-likeness (QED) is 0.797. The van der Waals surface area contributed by atoms with E-state index in [-0.39, 0.29) is 5.88 Å². The van der Waals surface area contributed by atoms with Crippen LogP contribution in [-0.2, 0) is 10.6 Å². The van der Waals surface area contributed by atoms with Crippen LogP contribution in [0.5, 0.6) is 0 Å². The van der Waals surface area contributed by atoms with Crippen LogP contribution in [0.2, 0.25) is 0 Å². The summed E-state index contributed by atoms with van der Waals surface area (Å²) in [5.74, 6) is 0.699. The third kappa shape index (κ3) is 1.70. The highest BCUT2D eigenvalue weighted by molar-refractivity contribution is 6.16. The zero-order chi connectivity index (χ0) is 10.3. The monoisotopic (exact) mass is 229 g/mol. The molecule has 1 aromatic rings. The summed E-state index contributed by atoms with van der Waals surface area (Å²) in [6.45, 7) is 0. The number of rotatable bonds is 3. The van der Waals surface area contributed by atoms with Gasteiger partial charge in [-0.3, -0.25) is 0 Å². The Labute approximate surface area is 92.1 Å². The van der Waals surface area contributed by atoms with Gasteiger partial charge >= 0.3 is 6.01 Å². The van der Waals surface area contributed by atoms with Crippen LogP contribution in [0.3, 0.4) is 0 Å². The fraction of sp³-hybridized carbons (Fsp3) is 0.778. The molecule has 3 heterocycles. The van der Waals surface area contributed by atoms with Crippen molar-refractivity contribution in [3.05, 3.63) is 5.89 Å². The highest BCUT2D eigenvalue weighted by Crippen LogP contribution is 2.35. The van der Waals surface area contributed by atoms with Gasteiger partial charge in [-0.1, -0.05) is 5.10 Å². The van der Waals surface area contributed by atoms with Gasteiger partial charge in [0.2, 0.25) is 5.89 Å². The Morgan fingerprint density at radius 3 is 2.93 bits per heavy atom. The van der Waals surface area contributed by atoms with Gasteiger partial charge in [0.1, 0.15) is 5.88 Å². The summed E-state index contributed by atoms with van der Waals surface area (Å²) in [4.78, 5) is 0. The molecule has 1 N–H and O–H groups in total. The summed E-state index contributed by atoms with van der Waals surface area (Å²) < 4.78 is 11.0. The molecule has 0 aliphatic carbocycles. The van der Waals surface area contributed by atoms with Crippen molar-refractivity contribution in [1.29, 1.82) is 0 Å². The molecule has 2 fully saturated rings. The van der Waals surface area contributed by atoms with Crippen molar-refractivity contribution in [2.45, 2.75) is 43.4 Å². The minimum Gasteiger partial charge on any atom is -0.407 e. The van der Waals surface area contributed by atoms with Crippen LogP contribution in [0.15, 0.2) is 4.42 Å². The largest absolute Gasteiger partial charge is 0.407 e. The molecule has 0 aromatic carbocycles. The molecular weight excluding hydrogens is 218 g/mol. The van der Waals surface area contributed by atoms with Crippen molar-refractivity contribution in [3.8, 4) is 0 Å². The number of anilines is 1. The second kappa shape index (κ2) is 3.64. The summed E-state index contributed by atoms with van der Waals surface area (Å²) in [5, 5.41) is 10.9. The third-order valence-electron chi connectivity index (χ3n) is 3.00. The molecule has 3 atom stereocenters. The Kier molecular flexibility index (Phi) is 2.29. The first-order valence-corrected chi connectivity index (χ1v) is 5.69. The Morgan fingerprint density at radius 1 is 1.40 bits per heavy atom. The van der Waals surface area contributed by atoms with Crippen LogP contribution in [0.1, 0.15) is 25.2 Å². The van der Waals surface area contributed by atoms with E-state index in [0.29, 0.717) is 30.2 Å². The van der Waals surface area contributed by atoms with Crippen LogP contribution in [0.25, 0.3) is 0 Å². The minimum absolute atomic E-state index is 0.252. The number of nitrogens with zero attached hydrogens (tertiary/aromatic N) is 2. The predicted octanol–water partition coefficient (Wildman–Crippen LogP) is 1.54. The van der Waals surface area contributed by atoms with E-state index in [1.54, 1.807) is 0 Å². The van der Waals surface area contributed by atoms with Crippen LogP contribution in [-0.4, -0.2) is 28.4 Å². The van der Waals surface area contributed by atoms with Gasteiger partial charge in [-0.05, 0) is 19.3 Å². The van der Waals surface area contributed by atoms with E-state index in [4.69, 9.17) is 20.8 Å². The van der Waals surface area contributed by atoms with E-state index >= 15 is 0 Å². The van der Waals surface area contributed by atoms with Gasteiger partial charge in [0, 0.05) is 0 Å². The second-order valence-corrected chi connectivity index (χ2v) is 4.26. The minimum atomic E-state index is 0.252. The molecule has 1 aromatic heterocycles. The number of hydrogen-bond donors (Lipinski definition) is 1. The normalized spacial score (nSPS) is 33.5. The van der Waals surface area contributed by atoms with Gasteiger partial charge in [0.25, 0.3) is 0 Å². The molecule has 15 heavy (non-hydrogen) atoms. The Hall–Kier alpha value is -0.810. The van der Waals surface area contributed by atoms with Crippen molar-refractivity contribution in [1.82, 2.24) is 10.2 Å². The van der Waals surface area contributed by atoms with Gasteiger partial charge in [-0.15, -0.1) is 16.7 Å². The Morgan fingerprint density at radius 2 is 2.33 bits per heavy atom. The molecule has 5 nitrogen and oxygen atoms in total. The first-order valence-electron chi connectivity index (χ1n) is 5.15. The maximum atomic E-state index is 5.71. The SMILES string of the molecule is ClCc1nnc(NC2CC3CCC2O3)o1. The molecule has 2 saturated heterocycles. The number of halogens is 1. The van der Waals surface area contributed by atoms with Gasteiger partial charge in [0.05, 0.1) is 18.2 Å². The fourth-order valence-corrected chi connectivity index (χ4v) is 2.42. The van der Waals surface area contributed by atoms with Crippen molar-refractivity contribution in [2.24, 2.45) is 0 Å². The van der Waals surface area contributed by atoms with Crippen molar-refractivity contribution in [2.75, 3.05) is 5.32 Å². The number of alkyl halides is 1. The number of nitrogens with one attached hydrogen (secondary N) is 1. The van der Waals surface area contributed by atoms with Crippen LogP contribution >= 0.6 is 11.6 Å². The average Bonchev–Trinajstić information content (AvgIpc) is 2.92. The summed E-state index contributed by atoms with van der Waals surface area (Å²) in [7, 11) is 0. The fourth-order valence-electron chi connectivity index (χ4n) is 2.31. The highest BCUT2D eigenvalue weighted by atomic mass is 35.5. The standard InChI is InChI=1S/C9H12ClN3O2/c10-4-8-12-13-9(15-8)11-6-3-5-1-2-7(6)14-5/h5-7H,1-4H2,(H,11,13). The summed E-state index contributed by atoms with van der Waals surface area (Å²) in [5.41, 5.74) is 0. The lowest BCUT2D eigenvalue weighted by atomic mass is 9.96. The lowest BCUT2D eigenvalue weighted by Gasteiger charge is -2.18. The van der Waals surface area contributed by atoms with Crippen molar-refractivity contribution in [3.63, 3.8) is 0 Å².